The predicted octanol–water partition coefficient (Wildman–Crippen LogP) is 1.81. The Kier molecular flexibility index (Phi) is 5.61. The van der Waals surface area contributed by atoms with Crippen LogP contribution in [0.2, 0.25) is 5.02 Å². The van der Waals surface area contributed by atoms with Crippen molar-refractivity contribution in [2.24, 2.45) is 0 Å². The van der Waals surface area contributed by atoms with Crippen molar-refractivity contribution < 1.29 is 17.9 Å². The summed E-state index contributed by atoms with van der Waals surface area (Å²) in [6.07, 6.45) is 4.31. The standard InChI is InChI=1S/C17H16ClN5O4S/c1-11-8-20-12(9-19-11)10-21-17(24)15-5-6-23(22-15)28(25,26)16-4-3-13(27-2)7-14(16)18/h3-9H,10H2,1-2H3,(H,21,24). The monoisotopic (exact) mass is 421 g/mol. The molecule has 0 saturated heterocycles. The molecule has 146 valence electrons. The molecule has 0 spiro atoms. The van der Waals surface area contributed by atoms with Crippen LogP contribution >= 0.6 is 11.6 Å². The maximum absolute atomic E-state index is 12.7. The van der Waals surface area contributed by atoms with Crippen LogP contribution in [-0.4, -0.2) is 40.6 Å². The van der Waals surface area contributed by atoms with Gasteiger partial charge in [-0.15, -0.1) is 0 Å². The van der Waals surface area contributed by atoms with Crippen molar-refractivity contribution in [2.45, 2.75) is 18.4 Å². The second kappa shape index (κ2) is 7.95. The zero-order chi connectivity index (χ0) is 20.3. The maximum Gasteiger partial charge on any atom is 0.284 e. The second-order valence-corrected chi connectivity index (χ2v) is 7.88. The van der Waals surface area contributed by atoms with E-state index in [9.17, 15) is 13.2 Å². The van der Waals surface area contributed by atoms with Gasteiger partial charge in [0.2, 0.25) is 0 Å². The van der Waals surface area contributed by atoms with Crippen LogP contribution in [0.5, 0.6) is 5.75 Å². The molecule has 1 amide bonds. The summed E-state index contributed by atoms with van der Waals surface area (Å²) in [4.78, 5) is 20.3. The molecule has 2 heterocycles. The molecule has 0 radical (unpaired) electrons. The molecular weight excluding hydrogens is 406 g/mol. The van der Waals surface area contributed by atoms with E-state index < -0.39 is 15.9 Å². The Hall–Kier alpha value is -2.98. The van der Waals surface area contributed by atoms with E-state index in [2.05, 4.69) is 20.4 Å². The van der Waals surface area contributed by atoms with E-state index in [1.807, 2.05) is 0 Å². The van der Waals surface area contributed by atoms with Crippen molar-refractivity contribution in [2.75, 3.05) is 7.11 Å². The Morgan fingerprint density at radius 3 is 2.68 bits per heavy atom. The first kappa shape index (κ1) is 19.8. The van der Waals surface area contributed by atoms with Gasteiger partial charge in [-0.25, -0.2) is 0 Å². The average Bonchev–Trinajstić information content (AvgIpc) is 3.18. The largest absolute Gasteiger partial charge is 0.497 e. The van der Waals surface area contributed by atoms with Gasteiger partial charge >= 0.3 is 0 Å². The SMILES string of the molecule is COc1ccc(S(=O)(=O)n2ccc(C(=O)NCc3cnc(C)cn3)n2)c(Cl)c1. The van der Waals surface area contributed by atoms with Crippen LogP contribution in [0.3, 0.4) is 0 Å². The van der Waals surface area contributed by atoms with Gasteiger partial charge in [-0.1, -0.05) is 11.6 Å². The van der Waals surface area contributed by atoms with Crippen LogP contribution in [0.4, 0.5) is 0 Å². The van der Waals surface area contributed by atoms with Gasteiger partial charge in [0.05, 0.1) is 36.3 Å². The number of aromatic nitrogens is 4. The van der Waals surface area contributed by atoms with Gasteiger partial charge in [-0.2, -0.15) is 17.6 Å². The number of amides is 1. The zero-order valence-electron chi connectivity index (χ0n) is 15.0. The number of hydrogen-bond acceptors (Lipinski definition) is 7. The van der Waals surface area contributed by atoms with Crippen LogP contribution in [0, 0.1) is 6.92 Å². The maximum atomic E-state index is 12.7. The highest BCUT2D eigenvalue weighted by Crippen LogP contribution is 2.27. The minimum Gasteiger partial charge on any atom is -0.497 e. The molecule has 9 nitrogen and oxygen atoms in total. The average molecular weight is 422 g/mol. The van der Waals surface area contributed by atoms with Crippen molar-refractivity contribution >= 4 is 27.5 Å². The number of carbonyl (C=O) groups excluding carboxylic acids is 1. The lowest BCUT2D eigenvalue weighted by Gasteiger charge is -2.08. The number of aryl methyl sites for hydroxylation is 1. The van der Waals surface area contributed by atoms with Crippen molar-refractivity contribution in [1.82, 2.24) is 24.5 Å². The van der Waals surface area contributed by atoms with Crippen molar-refractivity contribution in [3.63, 3.8) is 0 Å². The molecular formula is C17H16ClN5O4S. The third-order valence-electron chi connectivity index (χ3n) is 3.73. The molecule has 3 aromatic rings. The fourth-order valence-electron chi connectivity index (χ4n) is 2.25. The summed E-state index contributed by atoms with van der Waals surface area (Å²) < 4.78 is 31.2. The highest BCUT2D eigenvalue weighted by molar-refractivity contribution is 7.90. The topological polar surface area (TPSA) is 116 Å². The van der Waals surface area contributed by atoms with E-state index in [-0.39, 0.29) is 22.2 Å². The number of hydrogen-bond donors (Lipinski definition) is 1. The first-order valence-corrected chi connectivity index (χ1v) is 9.83. The molecule has 2 aromatic heterocycles. The molecule has 0 unspecified atom stereocenters. The van der Waals surface area contributed by atoms with Gasteiger partial charge in [0.1, 0.15) is 10.6 Å². The van der Waals surface area contributed by atoms with Crippen molar-refractivity contribution in [3.05, 3.63) is 65.0 Å². The molecule has 0 bridgehead atoms. The smallest absolute Gasteiger partial charge is 0.284 e. The van der Waals surface area contributed by atoms with Crippen LogP contribution < -0.4 is 10.1 Å². The highest BCUT2D eigenvalue weighted by Gasteiger charge is 2.23. The fraction of sp³-hybridized carbons (Fsp3) is 0.176. The van der Waals surface area contributed by atoms with Crippen LogP contribution in [0.25, 0.3) is 0 Å². The molecule has 11 heteroatoms. The lowest BCUT2D eigenvalue weighted by atomic mass is 10.3. The molecule has 0 aliphatic carbocycles. The number of methoxy groups -OCH3 is 1. The third-order valence-corrected chi connectivity index (χ3v) is 5.76. The van der Waals surface area contributed by atoms with Crippen LogP contribution in [0.15, 0.2) is 47.8 Å². The van der Waals surface area contributed by atoms with Gasteiger partial charge in [0.15, 0.2) is 5.69 Å². The summed E-state index contributed by atoms with van der Waals surface area (Å²) in [5.41, 5.74) is 1.26. The number of rotatable bonds is 6. The fourth-order valence-corrected chi connectivity index (χ4v) is 3.88. The van der Waals surface area contributed by atoms with Gasteiger partial charge in [0.25, 0.3) is 15.9 Å². The molecule has 1 aromatic carbocycles. The number of carbonyl (C=O) groups is 1. The first-order valence-electron chi connectivity index (χ1n) is 8.02. The van der Waals surface area contributed by atoms with Crippen LogP contribution in [0.1, 0.15) is 21.9 Å². The minimum absolute atomic E-state index is 0.0150. The van der Waals surface area contributed by atoms with E-state index in [4.69, 9.17) is 16.3 Å². The molecule has 0 aliphatic heterocycles. The molecule has 0 aliphatic rings. The summed E-state index contributed by atoms with van der Waals surface area (Å²) >= 11 is 6.05. The first-order chi connectivity index (χ1) is 13.3. The Morgan fingerprint density at radius 2 is 2.04 bits per heavy atom. The predicted molar refractivity (Wildman–Crippen MR) is 101 cm³/mol. The van der Waals surface area contributed by atoms with Crippen LogP contribution in [-0.2, 0) is 16.6 Å². The molecule has 1 N–H and O–H groups in total. The molecule has 3 rings (SSSR count). The highest BCUT2D eigenvalue weighted by atomic mass is 35.5. The Labute approximate surface area is 166 Å². The summed E-state index contributed by atoms with van der Waals surface area (Å²) in [5, 5.41) is 6.46. The van der Waals surface area contributed by atoms with Gasteiger partial charge in [0, 0.05) is 18.5 Å². The molecule has 0 atom stereocenters. The Morgan fingerprint density at radius 1 is 1.25 bits per heavy atom. The lowest BCUT2D eigenvalue weighted by molar-refractivity contribution is 0.0945. The molecule has 28 heavy (non-hydrogen) atoms. The summed E-state index contributed by atoms with van der Waals surface area (Å²) in [7, 11) is -2.62. The van der Waals surface area contributed by atoms with E-state index >= 15 is 0 Å². The van der Waals surface area contributed by atoms with Gasteiger partial charge in [-0.3, -0.25) is 14.8 Å². The van der Waals surface area contributed by atoms with Gasteiger partial charge in [-0.05, 0) is 25.1 Å². The molecule has 0 saturated carbocycles. The number of halogens is 1. The van der Waals surface area contributed by atoms with E-state index in [0.717, 1.165) is 5.69 Å². The summed E-state index contributed by atoms with van der Waals surface area (Å²) in [5.74, 6) is -0.124. The third kappa shape index (κ3) is 4.12. The Balaban J connectivity index is 1.77. The number of ether oxygens (including phenoxy) is 1. The summed E-state index contributed by atoms with van der Waals surface area (Å²) in [6, 6.07) is 5.46. The Bertz CT molecular complexity index is 1110. The van der Waals surface area contributed by atoms with E-state index in [1.54, 1.807) is 19.3 Å². The van der Waals surface area contributed by atoms with Crippen molar-refractivity contribution in [3.8, 4) is 5.75 Å². The quantitative estimate of drug-likeness (QED) is 0.645. The summed E-state index contributed by atoms with van der Waals surface area (Å²) in [6.45, 7) is 1.94. The van der Waals surface area contributed by atoms with E-state index in [1.165, 1.54) is 37.6 Å². The van der Waals surface area contributed by atoms with Gasteiger partial charge < -0.3 is 10.1 Å². The second-order valence-electron chi connectivity index (χ2n) is 5.71. The number of nitrogens with zero attached hydrogens (tertiary/aromatic N) is 4. The number of nitrogens with one attached hydrogen (secondary N) is 1. The minimum atomic E-state index is -4.06. The zero-order valence-corrected chi connectivity index (χ0v) is 16.5. The molecule has 0 fully saturated rings. The van der Waals surface area contributed by atoms with Crippen molar-refractivity contribution in [1.29, 1.82) is 0 Å². The lowest BCUT2D eigenvalue weighted by Crippen LogP contribution is -2.24. The normalized spacial score (nSPS) is 11.2. The number of benzene rings is 1. The van der Waals surface area contributed by atoms with E-state index in [0.29, 0.717) is 15.5 Å².